The number of fused-ring (bicyclic) bond motifs is 5. The van der Waals surface area contributed by atoms with Gasteiger partial charge in [-0.25, -0.2) is 0 Å². The van der Waals surface area contributed by atoms with E-state index in [1.165, 1.54) is 12.7 Å². The van der Waals surface area contributed by atoms with Crippen molar-refractivity contribution in [1.82, 2.24) is 4.57 Å². The topological polar surface area (TPSA) is 49.7 Å². The molecule has 0 bridgehead atoms. The van der Waals surface area contributed by atoms with Gasteiger partial charge >= 0.3 is 0 Å². The second-order valence-electron chi connectivity index (χ2n) is 6.18. The predicted octanol–water partition coefficient (Wildman–Crippen LogP) is 3.68. The molecule has 6 heteroatoms. The molecule has 0 atom stereocenters. The quantitative estimate of drug-likeness (QED) is 0.626. The van der Waals surface area contributed by atoms with Gasteiger partial charge in [-0.3, -0.25) is 4.79 Å². The van der Waals surface area contributed by atoms with Gasteiger partial charge in [-0.1, -0.05) is 15.9 Å². The second-order valence-corrected chi connectivity index (χ2v) is 7.04. The van der Waals surface area contributed by atoms with Crippen LogP contribution in [-0.4, -0.2) is 18.5 Å². The molecule has 0 amide bonds. The van der Waals surface area contributed by atoms with Crippen molar-refractivity contribution in [2.75, 3.05) is 13.9 Å². The number of rotatable bonds is 1. The van der Waals surface area contributed by atoms with Crippen molar-refractivity contribution in [3.05, 3.63) is 50.7 Å². The van der Waals surface area contributed by atoms with Gasteiger partial charge in [0.1, 0.15) is 0 Å². The van der Waals surface area contributed by atoms with Gasteiger partial charge < -0.3 is 18.8 Å². The molecule has 4 aliphatic rings. The first kappa shape index (κ1) is 14.8. The lowest BCUT2D eigenvalue weighted by atomic mass is 9.93. The number of halogens is 1. The van der Waals surface area contributed by atoms with Crippen molar-refractivity contribution >= 4 is 15.9 Å². The number of hydrogen-bond acceptors (Lipinski definition) is 4. The summed E-state index contributed by atoms with van der Waals surface area (Å²) in [4.78, 5) is 12.6. The fraction of sp³-hybridized carbons (Fsp3) is 0.211. The van der Waals surface area contributed by atoms with Gasteiger partial charge in [0.05, 0.1) is 12.7 Å². The van der Waals surface area contributed by atoms with Crippen LogP contribution >= 0.6 is 15.9 Å². The van der Waals surface area contributed by atoms with Crippen LogP contribution in [0.25, 0.3) is 22.4 Å². The lowest BCUT2D eigenvalue weighted by molar-refractivity contribution is 0.174. The first-order chi connectivity index (χ1) is 12.2. The van der Waals surface area contributed by atoms with Crippen LogP contribution in [0.5, 0.6) is 17.2 Å². The van der Waals surface area contributed by atoms with E-state index in [0.29, 0.717) is 11.3 Å². The minimum atomic E-state index is -0.0903. The molecule has 3 aliphatic heterocycles. The Morgan fingerprint density at radius 2 is 1.88 bits per heavy atom. The lowest BCUT2D eigenvalue weighted by Gasteiger charge is -2.25. The van der Waals surface area contributed by atoms with E-state index in [4.69, 9.17) is 14.2 Å². The fourth-order valence-corrected chi connectivity index (χ4v) is 4.14. The van der Waals surface area contributed by atoms with E-state index in [-0.39, 0.29) is 12.2 Å². The van der Waals surface area contributed by atoms with Crippen molar-refractivity contribution in [1.29, 1.82) is 0 Å². The Hall–Kier alpha value is -2.47. The Balaban J connectivity index is 1.80. The molecule has 0 N–H and O–H groups in total. The molecular weight excluding hydrogens is 386 g/mol. The predicted molar refractivity (Wildman–Crippen MR) is 96.8 cm³/mol. The average Bonchev–Trinajstić information content (AvgIpc) is 3.09. The first-order valence-electron chi connectivity index (χ1n) is 7.99. The molecule has 5 nitrogen and oxygen atoms in total. The summed E-state index contributed by atoms with van der Waals surface area (Å²) in [5.41, 5.74) is 4.86. The maximum absolute atomic E-state index is 12.6. The molecule has 126 valence electrons. The summed E-state index contributed by atoms with van der Waals surface area (Å²) in [5.74, 6) is 1.92. The molecule has 0 saturated carbocycles. The normalized spacial score (nSPS) is 14.3. The molecule has 1 aliphatic carbocycles. The number of aromatic nitrogens is 1. The van der Waals surface area contributed by atoms with Crippen LogP contribution in [0.3, 0.4) is 0 Å². The van der Waals surface area contributed by atoms with Crippen molar-refractivity contribution < 1.29 is 14.2 Å². The van der Waals surface area contributed by atoms with Crippen LogP contribution in [0.1, 0.15) is 5.56 Å². The number of hydrogen-bond donors (Lipinski definition) is 0. The fourth-order valence-electron chi connectivity index (χ4n) is 3.60. The van der Waals surface area contributed by atoms with Gasteiger partial charge in [-0.15, -0.1) is 0 Å². The SMILES string of the molecule is COc1cc(Br)c2cc3n(cc-2c1=O)CCc1cc2c(cc1-3)OCO2. The minimum absolute atomic E-state index is 0.0903. The van der Waals surface area contributed by atoms with E-state index in [1.807, 2.05) is 12.3 Å². The number of aryl methyl sites for hydroxylation is 2. The smallest absolute Gasteiger partial charge is 0.231 e. The molecule has 0 spiro atoms. The zero-order chi connectivity index (χ0) is 17.1. The molecule has 1 aromatic rings. The van der Waals surface area contributed by atoms with Crippen LogP contribution in [0.4, 0.5) is 0 Å². The van der Waals surface area contributed by atoms with Gasteiger partial charge in [-0.2, -0.15) is 0 Å². The highest BCUT2D eigenvalue weighted by Crippen LogP contribution is 2.43. The molecule has 0 aromatic heterocycles. The van der Waals surface area contributed by atoms with E-state index in [2.05, 4.69) is 32.6 Å². The van der Waals surface area contributed by atoms with Crippen LogP contribution in [-0.2, 0) is 13.0 Å². The maximum atomic E-state index is 12.6. The molecule has 25 heavy (non-hydrogen) atoms. The maximum Gasteiger partial charge on any atom is 0.231 e. The monoisotopic (exact) mass is 399 g/mol. The molecule has 5 rings (SSSR count). The van der Waals surface area contributed by atoms with Gasteiger partial charge in [0.2, 0.25) is 12.2 Å². The number of methoxy groups -OCH3 is 1. The second kappa shape index (κ2) is 5.26. The van der Waals surface area contributed by atoms with E-state index < -0.39 is 0 Å². The third-order valence-electron chi connectivity index (χ3n) is 4.87. The number of nitrogens with zero attached hydrogens (tertiary/aromatic N) is 1. The Morgan fingerprint density at radius 3 is 2.68 bits per heavy atom. The largest absolute Gasteiger partial charge is 0.493 e. The molecule has 0 radical (unpaired) electrons. The summed E-state index contributed by atoms with van der Waals surface area (Å²) in [7, 11) is 1.51. The minimum Gasteiger partial charge on any atom is -0.493 e. The molecule has 0 saturated heterocycles. The van der Waals surface area contributed by atoms with Crippen LogP contribution in [0.15, 0.2) is 39.7 Å². The van der Waals surface area contributed by atoms with Crippen molar-refractivity contribution in [2.45, 2.75) is 13.0 Å². The Morgan fingerprint density at radius 1 is 1.08 bits per heavy atom. The van der Waals surface area contributed by atoms with E-state index >= 15 is 0 Å². The molecule has 3 heterocycles. The van der Waals surface area contributed by atoms with Gasteiger partial charge in [0, 0.05) is 34.0 Å². The van der Waals surface area contributed by atoms with E-state index in [1.54, 1.807) is 6.07 Å². The third-order valence-corrected chi connectivity index (χ3v) is 5.52. The van der Waals surface area contributed by atoms with Crippen LogP contribution in [0, 0.1) is 0 Å². The van der Waals surface area contributed by atoms with Crippen molar-refractivity contribution in [2.24, 2.45) is 0 Å². The van der Waals surface area contributed by atoms with Crippen molar-refractivity contribution in [3.63, 3.8) is 0 Å². The molecular formula is C19H14BrNO4. The number of benzene rings is 2. The van der Waals surface area contributed by atoms with Gasteiger partial charge in [0.25, 0.3) is 0 Å². The van der Waals surface area contributed by atoms with E-state index in [0.717, 1.165) is 45.8 Å². The summed E-state index contributed by atoms with van der Waals surface area (Å²) < 4.78 is 19.2. The molecule has 0 unspecified atom stereocenters. The van der Waals surface area contributed by atoms with Gasteiger partial charge in [-0.05, 0) is 36.2 Å². The van der Waals surface area contributed by atoms with Crippen LogP contribution in [0.2, 0.25) is 0 Å². The van der Waals surface area contributed by atoms with Crippen LogP contribution < -0.4 is 19.6 Å². The summed E-state index contributed by atoms with van der Waals surface area (Å²) in [6, 6.07) is 7.88. The zero-order valence-corrected chi connectivity index (χ0v) is 15.1. The summed E-state index contributed by atoms with van der Waals surface area (Å²) in [6.07, 6.45) is 2.81. The highest BCUT2D eigenvalue weighted by Gasteiger charge is 2.25. The number of ether oxygens (including phenoxy) is 3. The zero-order valence-electron chi connectivity index (χ0n) is 13.5. The average molecular weight is 400 g/mol. The Kier molecular flexibility index (Phi) is 3.12. The summed E-state index contributed by atoms with van der Waals surface area (Å²) in [5, 5.41) is 0. The molecule has 1 aromatic carbocycles. The summed E-state index contributed by atoms with van der Waals surface area (Å²) >= 11 is 3.57. The van der Waals surface area contributed by atoms with E-state index in [9.17, 15) is 4.79 Å². The highest BCUT2D eigenvalue weighted by atomic mass is 79.9. The molecule has 0 fully saturated rings. The lowest BCUT2D eigenvalue weighted by Crippen LogP contribution is -2.17. The standard InChI is InChI=1S/C19H14BrNO4/c1-23-18-7-14(20)12-5-15-11-6-17-16(24-9-25-17)4-10(11)2-3-21(15)8-13(12)19(18)22/h4-8H,2-3,9H2,1H3. The highest BCUT2D eigenvalue weighted by molar-refractivity contribution is 9.10. The van der Waals surface area contributed by atoms with Gasteiger partial charge in [0.15, 0.2) is 17.2 Å². The van der Waals surface area contributed by atoms with Crippen molar-refractivity contribution in [3.8, 4) is 39.6 Å². The Bertz CT molecular complexity index is 1060. The Labute approximate surface area is 152 Å². The first-order valence-corrected chi connectivity index (χ1v) is 8.78. The number of pyridine rings is 1. The third kappa shape index (κ3) is 2.10. The summed E-state index contributed by atoms with van der Waals surface area (Å²) in [6.45, 7) is 1.08.